The average molecular weight is 329 g/mol. The largest absolute Gasteiger partial charge is 0.335 e. The van der Waals surface area contributed by atoms with Gasteiger partial charge in [-0.15, -0.1) is 0 Å². The minimum absolute atomic E-state index is 0.0680. The number of benzene rings is 1. The van der Waals surface area contributed by atoms with Gasteiger partial charge in [-0.05, 0) is 23.8 Å². The molecule has 0 saturated carbocycles. The molecule has 6 nitrogen and oxygen atoms in total. The Morgan fingerprint density at radius 2 is 2.04 bits per heavy atom. The molecule has 1 saturated heterocycles. The monoisotopic (exact) mass is 329 g/mol. The van der Waals surface area contributed by atoms with Crippen molar-refractivity contribution < 1.29 is 13.6 Å². The molecule has 0 N–H and O–H groups in total. The van der Waals surface area contributed by atoms with Crippen molar-refractivity contribution in [2.45, 2.75) is 6.54 Å². The summed E-state index contributed by atoms with van der Waals surface area (Å²) in [6.45, 7) is 1.17. The molecule has 1 aliphatic heterocycles. The number of piperazine rings is 1. The van der Waals surface area contributed by atoms with Gasteiger partial charge >= 0.3 is 0 Å². The summed E-state index contributed by atoms with van der Waals surface area (Å²) in [4.78, 5) is 23.7. The number of hydrogen-bond acceptors (Lipinski definition) is 5. The molecule has 2 aromatic rings. The van der Waals surface area contributed by atoms with E-state index in [1.165, 1.54) is 18.3 Å². The lowest BCUT2D eigenvalue weighted by Gasteiger charge is -2.34. The lowest BCUT2D eigenvalue weighted by Crippen LogP contribution is -2.50. The maximum absolute atomic E-state index is 13.3. The Labute approximate surface area is 137 Å². The molecule has 0 radical (unpaired) electrons. The highest BCUT2D eigenvalue weighted by molar-refractivity contribution is 5.82. The summed E-state index contributed by atoms with van der Waals surface area (Å²) >= 11 is 0. The molecule has 1 aromatic carbocycles. The minimum Gasteiger partial charge on any atom is -0.335 e. The standard InChI is InChI=1S/C16H13F2N5O/c17-13-2-1-11(7-14(13)18)9-22-5-6-23(10-15(22)24)16-20-4-3-12(8-19)21-16/h1-4,7H,5-6,9-10H2. The fourth-order valence-electron chi connectivity index (χ4n) is 2.47. The lowest BCUT2D eigenvalue weighted by molar-refractivity contribution is -0.131. The molecule has 0 unspecified atom stereocenters. The molecule has 24 heavy (non-hydrogen) atoms. The maximum atomic E-state index is 13.3. The van der Waals surface area contributed by atoms with Crippen LogP contribution in [0.15, 0.2) is 30.5 Å². The predicted molar refractivity (Wildman–Crippen MR) is 80.7 cm³/mol. The first-order chi connectivity index (χ1) is 11.6. The van der Waals surface area contributed by atoms with E-state index in [1.807, 2.05) is 6.07 Å². The first-order valence-corrected chi connectivity index (χ1v) is 7.26. The Kier molecular flexibility index (Phi) is 4.33. The van der Waals surface area contributed by atoms with Crippen molar-refractivity contribution in [3.63, 3.8) is 0 Å². The Bertz CT molecular complexity index is 820. The topological polar surface area (TPSA) is 73.1 Å². The van der Waals surface area contributed by atoms with Crippen LogP contribution in [0.3, 0.4) is 0 Å². The number of nitrogens with zero attached hydrogens (tertiary/aromatic N) is 5. The first kappa shape index (κ1) is 15.8. The molecular weight excluding hydrogens is 316 g/mol. The summed E-state index contributed by atoms with van der Waals surface area (Å²) in [5.41, 5.74) is 0.759. The Morgan fingerprint density at radius 1 is 1.21 bits per heavy atom. The highest BCUT2D eigenvalue weighted by Crippen LogP contribution is 2.16. The van der Waals surface area contributed by atoms with Gasteiger partial charge in [0.15, 0.2) is 11.6 Å². The maximum Gasteiger partial charge on any atom is 0.242 e. The van der Waals surface area contributed by atoms with Crippen molar-refractivity contribution in [1.29, 1.82) is 5.26 Å². The number of carbonyl (C=O) groups excluding carboxylic acids is 1. The van der Waals surface area contributed by atoms with Gasteiger partial charge < -0.3 is 9.80 Å². The van der Waals surface area contributed by atoms with E-state index < -0.39 is 11.6 Å². The molecule has 0 aliphatic carbocycles. The van der Waals surface area contributed by atoms with Crippen LogP contribution in [-0.4, -0.2) is 40.4 Å². The van der Waals surface area contributed by atoms with E-state index in [0.717, 1.165) is 12.1 Å². The van der Waals surface area contributed by atoms with Gasteiger partial charge in [0, 0.05) is 25.8 Å². The second kappa shape index (κ2) is 6.58. The zero-order chi connectivity index (χ0) is 17.1. The summed E-state index contributed by atoms with van der Waals surface area (Å²) in [5, 5.41) is 8.87. The van der Waals surface area contributed by atoms with Crippen LogP contribution >= 0.6 is 0 Å². The number of anilines is 1. The van der Waals surface area contributed by atoms with Gasteiger partial charge in [0.1, 0.15) is 18.3 Å². The second-order valence-electron chi connectivity index (χ2n) is 5.34. The third-order valence-corrected chi connectivity index (χ3v) is 3.72. The number of aromatic nitrogens is 2. The van der Waals surface area contributed by atoms with E-state index in [2.05, 4.69) is 9.97 Å². The van der Waals surface area contributed by atoms with Crippen LogP contribution in [0.25, 0.3) is 0 Å². The smallest absolute Gasteiger partial charge is 0.242 e. The zero-order valence-electron chi connectivity index (χ0n) is 12.6. The number of carbonyl (C=O) groups is 1. The van der Waals surface area contributed by atoms with Gasteiger partial charge in [-0.3, -0.25) is 4.79 Å². The average Bonchev–Trinajstić information content (AvgIpc) is 2.60. The number of nitriles is 1. The molecule has 1 aliphatic rings. The van der Waals surface area contributed by atoms with E-state index in [1.54, 1.807) is 9.80 Å². The van der Waals surface area contributed by atoms with E-state index in [-0.39, 0.29) is 24.7 Å². The fourth-order valence-corrected chi connectivity index (χ4v) is 2.47. The molecule has 2 heterocycles. The molecule has 8 heteroatoms. The first-order valence-electron chi connectivity index (χ1n) is 7.26. The summed E-state index contributed by atoms with van der Waals surface area (Å²) in [6.07, 6.45) is 1.47. The Morgan fingerprint density at radius 3 is 2.75 bits per heavy atom. The highest BCUT2D eigenvalue weighted by Gasteiger charge is 2.25. The quantitative estimate of drug-likeness (QED) is 0.853. The van der Waals surface area contributed by atoms with Crippen molar-refractivity contribution in [1.82, 2.24) is 14.9 Å². The number of hydrogen-bond donors (Lipinski definition) is 0. The van der Waals surface area contributed by atoms with E-state index in [0.29, 0.717) is 24.6 Å². The number of halogens is 2. The fraction of sp³-hybridized carbons (Fsp3) is 0.250. The van der Waals surface area contributed by atoms with Crippen LogP contribution in [0.5, 0.6) is 0 Å². The van der Waals surface area contributed by atoms with Crippen molar-refractivity contribution in [3.05, 3.63) is 53.4 Å². The number of rotatable bonds is 3. The van der Waals surface area contributed by atoms with E-state index in [9.17, 15) is 13.6 Å². The molecular formula is C16H13F2N5O. The summed E-state index contributed by atoms with van der Waals surface area (Å²) in [5.74, 6) is -1.68. The molecule has 1 aromatic heterocycles. The van der Waals surface area contributed by atoms with Crippen LogP contribution in [0.1, 0.15) is 11.3 Å². The van der Waals surface area contributed by atoms with E-state index in [4.69, 9.17) is 5.26 Å². The van der Waals surface area contributed by atoms with Gasteiger partial charge in [-0.25, -0.2) is 18.7 Å². The van der Waals surface area contributed by atoms with E-state index >= 15 is 0 Å². The van der Waals surface area contributed by atoms with Gasteiger partial charge in [0.25, 0.3) is 0 Å². The van der Waals surface area contributed by atoms with Gasteiger partial charge in [-0.2, -0.15) is 5.26 Å². The van der Waals surface area contributed by atoms with Crippen LogP contribution in [0, 0.1) is 23.0 Å². The third kappa shape index (κ3) is 3.30. The van der Waals surface area contributed by atoms with Crippen LogP contribution in [-0.2, 0) is 11.3 Å². The molecule has 0 bridgehead atoms. The SMILES string of the molecule is N#Cc1ccnc(N2CCN(Cc3ccc(F)c(F)c3)C(=O)C2)n1. The minimum atomic E-state index is -0.930. The predicted octanol–water partition coefficient (Wildman–Crippen LogP) is 1.48. The van der Waals surface area contributed by atoms with Crippen LogP contribution in [0.4, 0.5) is 14.7 Å². The molecule has 0 spiro atoms. The van der Waals surface area contributed by atoms with Gasteiger partial charge in [-0.1, -0.05) is 6.07 Å². The van der Waals surface area contributed by atoms with Crippen LogP contribution < -0.4 is 4.90 Å². The normalized spacial score (nSPS) is 14.6. The Balaban J connectivity index is 1.68. The highest BCUT2D eigenvalue weighted by atomic mass is 19.2. The molecule has 1 fully saturated rings. The molecule has 122 valence electrons. The third-order valence-electron chi connectivity index (χ3n) is 3.72. The molecule has 3 rings (SSSR count). The van der Waals surface area contributed by atoms with Gasteiger partial charge in [0.05, 0.1) is 0 Å². The van der Waals surface area contributed by atoms with Crippen molar-refractivity contribution >= 4 is 11.9 Å². The second-order valence-corrected chi connectivity index (χ2v) is 5.34. The summed E-state index contributed by atoms with van der Waals surface area (Å²) in [7, 11) is 0. The van der Waals surface area contributed by atoms with Crippen molar-refractivity contribution in [2.75, 3.05) is 24.5 Å². The zero-order valence-corrected chi connectivity index (χ0v) is 12.6. The lowest BCUT2D eigenvalue weighted by atomic mass is 10.2. The molecule has 0 atom stereocenters. The van der Waals surface area contributed by atoms with Gasteiger partial charge in [0.2, 0.25) is 11.9 Å². The summed E-state index contributed by atoms with van der Waals surface area (Å²) < 4.78 is 26.2. The molecule has 1 amide bonds. The summed E-state index contributed by atoms with van der Waals surface area (Å²) in [6, 6.07) is 7.02. The van der Waals surface area contributed by atoms with Crippen molar-refractivity contribution in [2.24, 2.45) is 0 Å². The number of amides is 1. The Hall–Kier alpha value is -3.08. The van der Waals surface area contributed by atoms with Crippen LogP contribution in [0.2, 0.25) is 0 Å². The van der Waals surface area contributed by atoms with Crippen molar-refractivity contribution in [3.8, 4) is 6.07 Å².